The SMILES string of the molecule is Nc1cnc(NCc2ccccc2Br)c(Cl)c1. The lowest BCUT2D eigenvalue weighted by Crippen LogP contribution is -2.03. The van der Waals surface area contributed by atoms with E-state index in [0.717, 1.165) is 10.0 Å². The van der Waals surface area contributed by atoms with Crippen LogP contribution in [0.1, 0.15) is 5.56 Å². The van der Waals surface area contributed by atoms with Gasteiger partial charge in [0.1, 0.15) is 5.82 Å². The Hall–Kier alpha value is -1.26. The lowest BCUT2D eigenvalue weighted by molar-refractivity contribution is 1.10. The van der Waals surface area contributed by atoms with Gasteiger partial charge in [-0.3, -0.25) is 0 Å². The zero-order chi connectivity index (χ0) is 12.3. The Labute approximate surface area is 113 Å². The fourth-order valence-electron chi connectivity index (χ4n) is 1.40. The van der Waals surface area contributed by atoms with Gasteiger partial charge in [0.2, 0.25) is 0 Å². The maximum atomic E-state index is 6.02. The third-order valence-corrected chi connectivity index (χ3v) is 3.33. The Morgan fingerprint density at radius 1 is 1.35 bits per heavy atom. The van der Waals surface area contributed by atoms with E-state index in [1.165, 1.54) is 0 Å². The van der Waals surface area contributed by atoms with Crippen molar-refractivity contribution in [1.82, 2.24) is 4.98 Å². The van der Waals surface area contributed by atoms with E-state index < -0.39 is 0 Å². The molecule has 5 heteroatoms. The predicted molar refractivity (Wildman–Crippen MR) is 75.1 cm³/mol. The number of aromatic nitrogens is 1. The molecule has 3 N–H and O–H groups in total. The number of hydrogen-bond acceptors (Lipinski definition) is 3. The van der Waals surface area contributed by atoms with Crippen LogP contribution < -0.4 is 11.1 Å². The van der Waals surface area contributed by atoms with Gasteiger partial charge in [-0.1, -0.05) is 45.7 Å². The number of nitrogen functional groups attached to an aromatic ring is 1. The molecule has 0 fully saturated rings. The van der Waals surface area contributed by atoms with Crippen molar-refractivity contribution in [3.63, 3.8) is 0 Å². The van der Waals surface area contributed by atoms with Crippen LogP contribution in [0.25, 0.3) is 0 Å². The number of hydrogen-bond donors (Lipinski definition) is 2. The molecule has 0 saturated carbocycles. The summed E-state index contributed by atoms with van der Waals surface area (Å²) in [6.07, 6.45) is 1.58. The molecule has 1 heterocycles. The van der Waals surface area contributed by atoms with E-state index >= 15 is 0 Å². The Kier molecular flexibility index (Phi) is 3.86. The van der Waals surface area contributed by atoms with Gasteiger partial charge >= 0.3 is 0 Å². The molecule has 2 aromatic rings. The van der Waals surface area contributed by atoms with Crippen molar-refractivity contribution in [2.24, 2.45) is 0 Å². The van der Waals surface area contributed by atoms with Crippen molar-refractivity contribution in [3.05, 3.63) is 51.6 Å². The van der Waals surface area contributed by atoms with Crippen LogP contribution in [0.15, 0.2) is 41.0 Å². The summed E-state index contributed by atoms with van der Waals surface area (Å²) >= 11 is 9.51. The molecule has 0 spiro atoms. The average Bonchev–Trinajstić information content (AvgIpc) is 2.30. The molecule has 0 radical (unpaired) electrons. The van der Waals surface area contributed by atoms with Gasteiger partial charge in [-0.05, 0) is 17.7 Å². The second kappa shape index (κ2) is 5.38. The van der Waals surface area contributed by atoms with Crippen LogP contribution >= 0.6 is 27.5 Å². The maximum Gasteiger partial charge on any atom is 0.145 e. The first kappa shape index (κ1) is 12.2. The summed E-state index contributed by atoms with van der Waals surface area (Å²) in [5.74, 6) is 0.636. The molecule has 88 valence electrons. The molecule has 0 saturated heterocycles. The molecule has 0 aliphatic heterocycles. The maximum absolute atomic E-state index is 6.02. The van der Waals surface area contributed by atoms with Crippen LogP contribution in [0.4, 0.5) is 11.5 Å². The first-order valence-corrected chi connectivity index (χ1v) is 6.22. The highest BCUT2D eigenvalue weighted by Crippen LogP contribution is 2.23. The molecular weight excluding hydrogens is 302 g/mol. The van der Waals surface area contributed by atoms with Crippen molar-refractivity contribution >= 4 is 39.0 Å². The summed E-state index contributed by atoms with van der Waals surface area (Å²) in [5.41, 5.74) is 7.27. The topological polar surface area (TPSA) is 50.9 Å². The highest BCUT2D eigenvalue weighted by molar-refractivity contribution is 9.10. The molecule has 3 nitrogen and oxygen atoms in total. The Morgan fingerprint density at radius 3 is 2.82 bits per heavy atom. The molecule has 0 aliphatic carbocycles. The number of pyridine rings is 1. The zero-order valence-electron chi connectivity index (χ0n) is 8.95. The normalized spacial score (nSPS) is 10.2. The molecule has 2 rings (SSSR count). The lowest BCUT2D eigenvalue weighted by Gasteiger charge is -2.09. The number of nitrogens with zero attached hydrogens (tertiary/aromatic N) is 1. The fourth-order valence-corrected chi connectivity index (χ4v) is 2.07. The van der Waals surface area contributed by atoms with Gasteiger partial charge in [0.25, 0.3) is 0 Å². The summed E-state index contributed by atoms with van der Waals surface area (Å²) in [6.45, 7) is 0.651. The van der Waals surface area contributed by atoms with Crippen molar-refractivity contribution in [2.45, 2.75) is 6.54 Å². The van der Waals surface area contributed by atoms with Gasteiger partial charge in [0, 0.05) is 11.0 Å². The molecular formula is C12H11BrClN3. The number of benzene rings is 1. The molecule has 17 heavy (non-hydrogen) atoms. The van der Waals surface area contributed by atoms with Crippen LogP contribution in [0, 0.1) is 0 Å². The Balaban J connectivity index is 2.10. The molecule has 1 aromatic heterocycles. The molecule has 0 unspecified atom stereocenters. The van der Waals surface area contributed by atoms with Gasteiger partial charge in [-0.2, -0.15) is 0 Å². The third-order valence-electron chi connectivity index (χ3n) is 2.27. The number of anilines is 2. The second-order valence-electron chi connectivity index (χ2n) is 3.54. The van der Waals surface area contributed by atoms with Gasteiger partial charge < -0.3 is 11.1 Å². The quantitative estimate of drug-likeness (QED) is 0.908. The van der Waals surface area contributed by atoms with Crippen molar-refractivity contribution in [2.75, 3.05) is 11.1 Å². The summed E-state index contributed by atoms with van der Waals surface area (Å²) in [7, 11) is 0. The Morgan fingerprint density at radius 2 is 2.12 bits per heavy atom. The van der Waals surface area contributed by atoms with E-state index in [4.69, 9.17) is 17.3 Å². The van der Waals surface area contributed by atoms with Crippen LogP contribution in [-0.2, 0) is 6.54 Å². The zero-order valence-corrected chi connectivity index (χ0v) is 11.3. The fraction of sp³-hybridized carbons (Fsp3) is 0.0833. The minimum Gasteiger partial charge on any atom is -0.397 e. The van der Waals surface area contributed by atoms with Crippen LogP contribution in [0.3, 0.4) is 0 Å². The van der Waals surface area contributed by atoms with E-state index in [1.54, 1.807) is 12.3 Å². The van der Waals surface area contributed by atoms with E-state index in [-0.39, 0.29) is 0 Å². The standard InChI is InChI=1S/C12H11BrClN3/c13-10-4-2-1-3-8(10)6-16-12-11(14)5-9(15)7-17-12/h1-5,7H,6,15H2,(H,16,17). The number of rotatable bonds is 3. The Bertz CT molecular complexity index is 531. The van der Waals surface area contributed by atoms with E-state index in [2.05, 4.69) is 26.2 Å². The number of nitrogens with one attached hydrogen (secondary N) is 1. The van der Waals surface area contributed by atoms with Gasteiger partial charge in [-0.25, -0.2) is 4.98 Å². The predicted octanol–water partition coefficient (Wildman–Crippen LogP) is 3.69. The van der Waals surface area contributed by atoms with Crippen molar-refractivity contribution < 1.29 is 0 Å². The van der Waals surface area contributed by atoms with Crippen molar-refractivity contribution in [3.8, 4) is 0 Å². The van der Waals surface area contributed by atoms with Gasteiger partial charge in [0.15, 0.2) is 0 Å². The van der Waals surface area contributed by atoms with E-state index in [9.17, 15) is 0 Å². The summed E-state index contributed by atoms with van der Waals surface area (Å²) < 4.78 is 1.05. The first-order chi connectivity index (χ1) is 8.16. The van der Waals surface area contributed by atoms with Crippen LogP contribution in [-0.4, -0.2) is 4.98 Å². The van der Waals surface area contributed by atoms with Crippen LogP contribution in [0.2, 0.25) is 5.02 Å². The first-order valence-electron chi connectivity index (χ1n) is 5.05. The molecule has 1 aromatic carbocycles. The minimum absolute atomic E-state index is 0.525. The largest absolute Gasteiger partial charge is 0.397 e. The van der Waals surface area contributed by atoms with Crippen LogP contribution in [0.5, 0.6) is 0 Å². The van der Waals surface area contributed by atoms with Crippen molar-refractivity contribution in [1.29, 1.82) is 0 Å². The lowest BCUT2D eigenvalue weighted by atomic mass is 10.2. The molecule has 0 aliphatic rings. The minimum atomic E-state index is 0.525. The second-order valence-corrected chi connectivity index (χ2v) is 4.81. The molecule has 0 amide bonds. The highest BCUT2D eigenvalue weighted by atomic mass is 79.9. The number of halogens is 2. The third kappa shape index (κ3) is 3.11. The monoisotopic (exact) mass is 311 g/mol. The number of nitrogens with two attached hydrogens (primary N) is 1. The van der Waals surface area contributed by atoms with Gasteiger partial charge in [-0.15, -0.1) is 0 Å². The highest BCUT2D eigenvalue weighted by Gasteiger charge is 2.03. The average molecular weight is 313 g/mol. The van der Waals surface area contributed by atoms with E-state index in [0.29, 0.717) is 23.1 Å². The summed E-state index contributed by atoms with van der Waals surface area (Å²) in [6, 6.07) is 9.66. The smallest absolute Gasteiger partial charge is 0.145 e. The summed E-state index contributed by atoms with van der Waals surface area (Å²) in [4.78, 5) is 4.14. The summed E-state index contributed by atoms with van der Waals surface area (Å²) in [5, 5.41) is 3.69. The molecule has 0 atom stereocenters. The molecule has 0 bridgehead atoms. The van der Waals surface area contributed by atoms with E-state index in [1.807, 2.05) is 24.3 Å². The van der Waals surface area contributed by atoms with Gasteiger partial charge in [0.05, 0.1) is 16.9 Å².